The van der Waals surface area contributed by atoms with Crippen molar-refractivity contribution in [1.29, 1.82) is 0 Å². The van der Waals surface area contributed by atoms with Gasteiger partial charge < -0.3 is 18.9 Å². The number of Topliss-reactive ketones (excluding diaryl/α,β-unsaturated/α-hetero) is 1. The molecule has 0 bridgehead atoms. The quantitative estimate of drug-likeness (QED) is 0.217. The number of carbonyl (C=O) groups excluding carboxylic acids is 3. The summed E-state index contributed by atoms with van der Waals surface area (Å²) >= 11 is 0. The molecule has 8 nitrogen and oxygen atoms in total. The fourth-order valence-corrected chi connectivity index (χ4v) is 4.19. The van der Waals surface area contributed by atoms with Crippen molar-refractivity contribution in [1.82, 2.24) is 4.98 Å². The molecule has 0 spiro atoms. The van der Waals surface area contributed by atoms with Gasteiger partial charge in [0.25, 0.3) is 0 Å². The van der Waals surface area contributed by atoms with Gasteiger partial charge in [-0.2, -0.15) is 0 Å². The van der Waals surface area contributed by atoms with Gasteiger partial charge in [-0.05, 0) is 43.9 Å². The zero-order valence-corrected chi connectivity index (χ0v) is 22.9. The molecule has 0 saturated heterocycles. The Morgan fingerprint density at radius 3 is 2.36 bits per heavy atom. The van der Waals surface area contributed by atoms with E-state index in [1.165, 1.54) is 39.1 Å². The number of carbonyl (C=O) groups is 3. The first kappa shape index (κ1) is 29.7. The van der Waals surface area contributed by atoms with E-state index in [0.717, 1.165) is 19.3 Å². The number of aromatic nitrogens is 1. The van der Waals surface area contributed by atoms with Crippen LogP contribution in [0.2, 0.25) is 0 Å². The van der Waals surface area contributed by atoms with Crippen molar-refractivity contribution < 1.29 is 33.3 Å². The van der Waals surface area contributed by atoms with Crippen LogP contribution in [0.25, 0.3) is 0 Å². The summed E-state index contributed by atoms with van der Waals surface area (Å²) in [4.78, 5) is 41.6. The van der Waals surface area contributed by atoms with Crippen LogP contribution in [0.4, 0.5) is 0 Å². The summed E-state index contributed by atoms with van der Waals surface area (Å²) < 4.78 is 22.5. The van der Waals surface area contributed by atoms with Crippen molar-refractivity contribution in [2.75, 3.05) is 13.7 Å². The van der Waals surface area contributed by atoms with Gasteiger partial charge in [-0.1, -0.05) is 40.5 Å². The van der Waals surface area contributed by atoms with E-state index in [-0.39, 0.29) is 35.6 Å². The molecule has 202 valence electrons. The van der Waals surface area contributed by atoms with Crippen LogP contribution in [-0.2, 0) is 19.1 Å². The summed E-state index contributed by atoms with van der Waals surface area (Å²) in [5.41, 5.74) is -0.0531. The molecular weight excluding hydrogens is 462 g/mol. The zero-order chi connectivity index (χ0) is 26.8. The number of methoxy groups -OCH3 is 1. The van der Waals surface area contributed by atoms with Crippen molar-refractivity contribution in [3.8, 4) is 11.5 Å². The maximum absolute atomic E-state index is 13.0. The number of esters is 2. The third-order valence-electron chi connectivity index (χ3n) is 6.58. The first-order valence-corrected chi connectivity index (χ1v) is 13.1. The second-order valence-corrected chi connectivity index (χ2v) is 10.3. The topological polar surface area (TPSA) is 101 Å². The summed E-state index contributed by atoms with van der Waals surface area (Å²) in [7, 11) is 1.41. The number of ether oxygens (including phenoxy) is 4. The molecule has 1 aromatic heterocycles. The molecule has 0 unspecified atom stereocenters. The van der Waals surface area contributed by atoms with E-state index in [4.69, 9.17) is 18.9 Å². The third kappa shape index (κ3) is 9.19. The minimum Gasteiger partial charge on any atom is -0.493 e. The van der Waals surface area contributed by atoms with Crippen LogP contribution in [0.5, 0.6) is 11.5 Å². The van der Waals surface area contributed by atoms with Gasteiger partial charge in [0, 0.05) is 32.2 Å². The average molecular weight is 506 g/mol. The molecule has 1 heterocycles. The number of ketones is 1. The van der Waals surface area contributed by atoms with E-state index in [1.807, 2.05) is 6.92 Å². The van der Waals surface area contributed by atoms with Gasteiger partial charge in [0.15, 0.2) is 17.2 Å². The third-order valence-corrected chi connectivity index (χ3v) is 6.58. The minimum atomic E-state index is -0.710. The van der Waals surface area contributed by atoms with E-state index in [2.05, 4.69) is 25.8 Å². The highest BCUT2D eigenvalue weighted by Crippen LogP contribution is 2.33. The maximum Gasteiger partial charge on any atom is 0.309 e. The number of hydrogen-bond donors (Lipinski definition) is 0. The van der Waals surface area contributed by atoms with E-state index in [9.17, 15) is 14.4 Å². The highest BCUT2D eigenvalue weighted by atomic mass is 16.6. The van der Waals surface area contributed by atoms with Gasteiger partial charge in [0.05, 0.1) is 19.1 Å². The van der Waals surface area contributed by atoms with Gasteiger partial charge >= 0.3 is 11.9 Å². The lowest BCUT2D eigenvalue weighted by atomic mass is 9.88. The summed E-state index contributed by atoms with van der Waals surface area (Å²) in [6.07, 6.45) is 6.07. The second-order valence-electron chi connectivity index (χ2n) is 10.3. The number of hydrogen-bond acceptors (Lipinski definition) is 8. The van der Waals surface area contributed by atoms with E-state index in [1.54, 1.807) is 6.92 Å². The zero-order valence-electron chi connectivity index (χ0n) is 22.9. The van der Waals surface area contributed by atoms with Gasteiger partial charge in [0.1, 0.15) is 6.10 Å². The van der Waals surface area contributed by atoms with Crippen LogP contribution >= 0.6 is 0 Å². The first-order valence-electron chi connectivity index (χ1n) is 13.1. The summed E-state index contributed by atoms with van der Waals surface area (Å²) in [6, 6.07) is 1.50. The Balaban J connectivity index is 2.07. The Hall–Kier alpha value is -2.48. The molecule has 4 atom stereocenters. The highest BCUT2D eigenvalue weighted by molar-refractivity contribution is 5.99. The monoisotopic (exact) mass is 505 g/mol. The van der Waals surface area contributed by atoms with Gasteiger partial charge in [-0.3, -0.25) is 14.4 Å². The van der Waals surface area contributed by atoms with E-state index >= 15 is 0 Å². The van der Waals surface area contributed by atoms with Crippen molar-refractivity contribution >= 4 is 17.7 Å². The molecule has 1 aliphatic carbocycles. The predicted molar refractivity (Wildman–Crippen MR) is 136 cm³/mol. The molecule has 0 aromatic carbocycles. The Labute approximate surface area is 215 Å². The minimum absolute atomic E-state index is 0.0454. The highest BCUT2D eigenvalue weighted by Gasteiger charge is 2.33. The summed E-state index contributed by atoms with van der Waals surface area (Å²) in [6.45, 7) is 12.0. The summed E-state index contributed by atoms with van der Waals surface area (Å²) in [5, 5.41) is 0. The molecule has 1 aliphatic rings. The lowest BCUT2D eigenvalue weighted by molar-refractivity contribution is -0.164. The van der Waals surface area contributed by atoms with Gasteiger partial charge in [-0.15, -0.1) is 0 Å². The smallest absolute Gasteiger partial charge is 0.309 e. The van der Waals surface area contributed by atoms with Crippen LogP contribution in [0.3, 0.4) is 0 Å². The van der Waals surface area contributed by atoms with Crippen LogP contribution in [0.15, 0.2) is 12.3 Å². The second kappa shape index (κ2) is 14.3. The van der Waals surface area contributed by atoms with Crippen molar-refractivity contribution in [3.05, 3.63) is 18.0 Å². The molecule has 2 rings (SSSR count). The number of nitrogens with zero attached hydrogens (tertiary/aromatic N) is 1. The summed E-state index contributed by atoms with van der Waals surface area (Å²) in [5.74, 6) is -0.553. The predicted octanol–water partition coefficient (Wildman–Crippen LogP) is 5.41. The van der Waals surface area contributed by atoms with Crippen LogP contribution in [0.1, 0.15) is 90.6 Å². The van der Waals surface area contributed by atoms with E-state index in [0.29, 0.717) is 18.4 Å². The first-order chi connectivity index (χ1) is 17.1. The molecule has 1 fully saturated rings. The van der Waals surface area contributed by atoms with Crippen LogP contribution in [0, 0.1) is 23.7 Å². The lowest BCUT2D eigenvalue weighted by Gasteiger charge is -2.32. The number of pyridine rings is 1. The number of rotatable bonds is 16. The van der Waals surface area contributed by atoms with Crippen molar-refractivity contribution in [3.63, 3.8) is 0 Å². The Kier molecular flexibility index (Phi) is 11.8. The van der Waals surface area contributed by atoms with Gasteiger partial charge in [-0.25, -0.2) is 4.98 Å². The molecule has 0 aliphatic heterocycles. The Bertz CT molecular complexity index is 881. The fourth-order valence-electron chi connectivity index (χ4n) is 4.19. The maximum atomic E-state index is 13.0. The molecule has 8 heteroatoms. The Morgan fingerprint density at radius 1 is 1.11 bits per heavy atom. The van der Waals surface area contributed by atoms with E-state index < -0.39 is 29.7 Å². The van der Waals surface area contributed by atoms with Crippen LogP contribution < -0.4 is 9.47 Å². The molecule has 1 saturated carbocycles. The molecule has 0 N–H and O–H groups in total. The molecule has 1 aromatic rings. The molecule has 0 radical (unpaired) electrons. The fraction of sp³-hybridized carbons (Fsp3) is 0.714. The molecule has 36 heavy (non-hydrogen) atoms. The molecular formula is C28H43NO7. The largest absolute Gasteiger partial charge is 0.493 e. The normalized spacial score (nSPS) is 16.7. The lowest BCUT2D eigenvalue weighted by Crippen LogP contribution is -2.39. The van der Waals surface area contributed by atoms with Crippen molar-refractivity contribution in [2.45, 2.75) is 92.3 Å². The molecule has 0 amide bonds. The van der Waals surface area contributed by atoms with Crippen molar-refractivity contribution in [2.24, 2.45) is 23.7 Å². The Morgan fingerprint density at radius 2 is 1.81 bits per heavy atom. The average Bonchev–Trinajstić information content (AvgIpc) is 3.64. The standard InChI is InChI=1S/C28H43NO7/c1-8-22(12-9-17(2)3)26(34-16-21-10-11-21)19(5)35-28(32)18(4)15-23(31)25-27(36-20(6)30)24(33-7)13-14-29-25/h13-14,17-19,21-22,26H,8-12,15-16H2,1-7H3/t18-,19+,22-,26+/m1/s1. The van der Waals surface area contributed by atoms with Crippen LogP contribution in [-0.4, -0.2) is 48.6 Å². The van der Waals surface area contributed by atoms with Gasteiger partial charge in [0.2, 0.25) is 5.75 Å². The SMILES string of the molecule is CC[C@H](CCC(C)C)[C@@H](OCC1CC1)[C@H](C)OC(=O)[C@H](C)CC(=O)c1nccc(OC)c1OC(C)=O.